The van der Waals surface area contributed by atoms with Gasteiger partial charge in [0.1, 0.15) is 5.75 Å². The second kappa shape index (κ2) is 7.21. The first-order valence-electron chi connectivity index (χ1n) is 8.08. The zero-order chi connectivity index (χ0) is 18.8. The molecule has 3 aromatic rings. The summed E-state index contributed by atoms with van der Waals surface area (Å²) in [4.78, 5) is 12.3. The van der Waals surface area contributed by atoms with Crippen molar-refractivity contribution in [1.29, 1.82) is 0 Å². The van der Waals surface area contributed by atoms with Crippen molar-refractivity contribution in [2.75, 3.05) is 5.32 Å². The van der Waals surface area contributed by atoms with Crippen LogP contribution in [-0.2, 0) is 13.8 Å². The van der Waals surface area contributed by atoms with Gasteiger partial charge in [-0.05, 0) is 32.4 Å². The van der Waals surface area contributed by atoms with Crippen LogP contribution in [0.1, 0.15) is 27.3 Å². The van der Waals surface area contributed by atoms with E-state index in [4.69, 9.17) is 16.3 Å². The van der Waals surface area contributed by atoms with E-state index in [-0.39, 0.29) is 18.3 Å². The van der Waals surface area contributed by atoms with E-state index in [0.717, 1.165) is 17.0 Å². The maximum atomic E-state index is 12.3. The number of rotatable bonds is 5. The van der Waals surface area contributed by atoms with Crippen molar-refractivity contribution in [2.45, 2.75) is 27.5 Å². The van der Waals surface area contributed by atoms with Crippen LogP contribution in [0.25, 0.3) is 0 Å². The van der Waals surface area contributed by atoms with Crippen LogP contribution in [0.3, 0.4) is 0 Å². The lowest BCUT2D eigenvalue weighted by Gasteiger charge is -2.09. The zero-order valence-electron chi connectivity index (χ0n) is 15.1. The van der Waals surface area contributed by atoms with Crippen LogP contribution in [0.4, 0.5) is 5.69 Å². The Bertz CT molecular complexity index is 961. The highest BCUT2D eigenvalue weighted by molar-refractivity contribution is 6.34. The molecule has 0 fully saturated rings. The van der Waals surface area contributed by atoms with E-state index in [1.807, 2.05) is 26.0 Å². The number of carbonyl (C=O) groups is 1. The molecule has 0 aliphatic rings. The number of carbonyl (C=O) groups excluding carboxylic acids is 1. The molecule has 1 aromatic carbocycles. The Morgan fingerprint density at radius 2 is 2.08 bits per heavy atom. The molecule has 0 bridgehead atoms. The fourth-order valence-electron chi connectivity index (χ4n) is 2.51. The van der Waals surface area contributed by atoms with E-state index in [0.29, 0.717) is 10.7 Å². The predicted molar refractivity (Wildman–Crippen MR) is 99.7 cm³/mol. The van der Waals surface area contributed by atoms with Gasteiger partial charge >= 0.3 is 0 Å². The van der Waals surface area contributed by atoms with Crippen molar-refractivity contribution in [2.24, 2.45) is 7.05 Å². The summed E-state index contributed by atoms with van der Waals surface area (Å²) in [6.45, 7) is 6.07. The van der Waals surface area contributed by atoms with Gasteiger partial charge in [-0.2, -0.15) is 10.2 Å². The first kappa shape index (κ1) is 18.0. The summed E-state index contributed by atoms with van der Waals surface area (Å²) in [6.07, 6.45) is 3.23. The van der Waals surface area contributed by atoms with Gasteiger partial charge in [-0.15, -0.1) is 0 Å². The number of benzene rings is 1. The normalized spacial score (nSPS) is 10.8. The molecule has 0 saturated heterocycles. The average Bonchev–Trinajstić information content (AvgIpc) is 3.14. The van der Waals surface area contributed by atoms with Gasteiger partial charge in [-0.1, -0.05) is 29.3 Å². The number of aryl methyl sites for hydroxylation is 3. The van der Waals surface area contributed by atoms with Crippen molar-refractivity contribution in [3.8, 4) is 5.75 Å². The Morgan fingerprint density at radius 1 is 1.31 bits per heavy atom. The third kappa shape index (κ3) is 3.72. The van der Waals surface area contributed by atoms with Gasteiger partial charge in [0.15, 0.2) is 12.4 Å². The largest absolute Gasteiger partial charge is 0.471 e. The average molecular weight is 374 g/mol. The third-order valence-corrected chi connectivity index (χ3v) is 4.50. The number of nitrogens with one attached hydrogen (secondary N) is 1. The molecular weight excluding hydrogens is 354 g/mol. The molecule has 0 spiro atoms. The highest BCUT2D eigenvalue weighted by Gasteiger charge is 2.18. The number of hydrogen-bond acceptors (Lipinski definition) is 4. The lowest BCUT2D eigenvalue weighted by molar-refractivity contribution is 0.102. The van der Waals surface area contributed by atoms with Gasteiger partial charge in [-0.25, -0.2) is 4.68 Å². The number of anilines is 1. The molecule has 0 atom stereocenters. The summed E-state index contributed by atoms with van der Waals surface area (Å²) in [5.74, 6) is 0.418. The SMILES string of the molecule is Cc1ccc(OCn2cc(NC(=O)c3nn(C)c(C)c3Cl)cn2)c(C)c1. The van der Waals surface area contributed by atoms with E-state index in [9.17, 15) is 4.79 Å². The van der Waals surface area contributed by atoms with Crippen LogP contribution in [0.5, 0.6) is 5.75 Å². The minimum Gasteiger partial charge on any atom is -0.471 e. The van der Waals surface area contributed by atoms with Gasteiger partial charge in [0.25, 0.3) is 5.91 Å². The summed E-state index contributed by atoms with van der Waals surface area (Å²) >= 11 is 6.14. The molecule has 1 amide bonds. The highest BCUT2D eigenvalue weighted by atomic mass is 35.5. The second-order valence-electron chi connectivity index (χ2n) is 6.14. The van der Waals surface area contributed by atoms with E-state index < -0.39 is 0 Å². The van der Waals surface area contributed by atoms with Crippen molar-refractivity contribution in [3.63, 3.8) is 0 Å². The number of aromatic nitrogens is 4. The molecule has 0 radical (unpaired) electrons. The molecule has 2 aromatic heterocycles. The standard InChI is InChI=1S/C18H20ClN5O2/c1-11-5-6-15(12(2)7-11)26-10-24-9-14(8-20-24)21-18(25)17-16(19)13(3)23(4)22-17/h5-9H,10H2,1-4H3,(H,21,25). The molecule has 26 heavy (non-hydrogen) atoms. The van der Waals surface area contributed by atoms with Crippen molar-refractivity contribution >= 4 is 23.2 Å². The van der Waals surface area contributed by atoms with Crippen LogP contribution >= 0.6 is 11.6 Å². The summed E-state index contributed by atoms with van der Waals surface area (Å²) in [5.41, 5.74) is 3.70. The molecule has 0 aliphatic heterocycles. The fourth-order valence-corrected chi connectivity index (χ4v) is 2.76. The first-order valence-corrected chi connectivity index (χ1v) is 8.46. The van der Waals surface area contributed by atoms with Crippen molar-refractivity contribution in [3.05, 3.63) is 58.1 Å². The number of ether oxygens (including phenoxy) is 1. The summed E-state index contributed by atoms with van der Waals surface area (Å²) in [7, 11) is 1.74. The summed E-state index contributed by atoms with van der Waals surface area (Å²) in [6, 6.07) is 5.99. The summed E-state index contributed by atoms with van der Waals surface area (Å²) in [5, 5.41) is 11.4. The Hall–Kier alpha value is -2.80. The molecule has 0 aliphatic carbocycles. The van der Waals surface area contributed by atoms with Crippen LogP contribution in [0.15, 0.2) is 30.6 Å². The Labute approximate surface area is 156 Å². The first-order chi connectivity index (χ1) is 12.3. The number of amides is 1. The van der Waals surface area contributed by atoms with E-state index in [1.54, 1.807) is 35.7 Å². The molecule has 7 nitrogen and oxygen atoms in total. The fraction of sp³-hybridized carbons (Fsp3) is 0.278. The van der Waals surface area contributed by atoms with Crippen LogP contribution < -0.4 is 10.1 Å². The smallest absolute Gasteiger partial charge is 0.277 e. The molecule has 8 heteroatoms. The topological polar surface area (TPSA) is 74.0 Å². The molecule has 2 heterocycles. The summed E-state index contributed by atoms with van der Waals surface area (Å²) < 4.78 is 8.94. The van der Waals surface area contributed by atoms with Crippen LogP contribution in [0, 0.1) is 20.8 Å². The molecule has 0 saturated carbocycles. The predicted octanol–water partition coefficient (Wildman–Crippen LogP) is 3.48. The number of halogens is 1. The monoisotopic (exact) mass is 373 g/mol. The molecule has 3 rings (SSSR count). The Balaban J connectivity index is 1.64. The molecule has 1 N–H and O–H groups in total. The minimum absolute atomic E-state index is 0.186. The second-order valence-corrected chi connectivity index (χ2v) is 6.51. The Kier molecular flexibility index (Phi) is 4.99. The Morgan fingerprint density at radius 3 is 2.73 bits per heavy atom. The number of nitrogens with zero attached hydrogens (tertiary/aromatic N) is 4. The third-order valence-electron chi connectivity index (χ3n) is 4.05. The van der Waals surface area contributed by atoms with Gasteiger partial charge in [0, 0.05) is 7.05 Å². The highest BCUT2D eigenvalue weighted by Crippen LogP contribution is 2.21. The maximum absolute atomic E-state index is 12.3. The van der Waals surface area contributed by atoms with Gasteiger partial charge in [-0.3, -0.25) is 9.48 Å². The quantitative estimate of drug-likeness (QED) is 0.743. The van der Waals surface area contributed by atoms with Crippen molar-refractivity contribution in [1.82, 2.24) is 19.6 Å². The molecule has 0 unspecified atom stereocenters. The molecular formula is C18H20ClN5O2. The van der Waals surface area contributed by atoms with E-state index in [1.165, 1.54) is 5.56 Å². The number of hydrogen-bond donors (Lipinski definition) is 1. The van der Waals surface area contributed by atoms with Gasteiger partial charge < -0.3 is 10.1 Å². The van der Waals surface area contributed by atoms with Crippen molar-refractivity contribution < 1.29 is 9.53 Å². The van der Waals surface area contributed by atoms with Gasteiger partial charge in [0.2, 0.25) is 0 Å². The minimum atomic E-state index is -0.381. The lowest BCUT2D eigenvalue weighted by atomic mass is 10.1. The molecule has 136 valence electrons. The van der Waals surface area contributed by atoms with Gasteiger partial charge in [0.05, 0.1) is 28.8 Å². The maximum Gasteiger partial charge on any atom is 0.277 e. The zero-order valence-corrected chi connectivity index (χ0v) is 15.8. The van der Waals surface area contributed by atoms with E-state index >= 15 is 0 Å². The lowest BCUT2D eigenvalue weighted by Crippen LogP contribution is -2.13. The van der Waals surface area contributed by atoms with E-state index in [2.05, 4.69) is 21.6 Å². The van der Waals surface area contributed by atoms with Crippen LogP contribution in [-0.4, -0.2) is 25.5 Å². The van der Waals surface area contributed by atoms with Crippen LogP contribution in [0.2, 0.25) is 5.02 Å².